The lowest BCUT2D eigenvalue weighted by Gasteiger charge is -2.19. The number of aliphatic hydroxyl groups is 1. The molecule has 2 heterocycles. The summed E-state index contributed by atoms with van der Waals surface area (Å²) >= 11 is 0. The molecule has 0 unspecified atom stereocenters. The lowest BCUT2D eigenvalue weighted by Crippen LogP contribution is -2.22. The molecule has 0 spiro atoms. The van der Waals surface area contributed by atoms with Crippen molar-refractivity contribution in [2.75, 3.05) is 31.3 Å². The second-order valence-electron chi connectivity index (χ2n) is 10.3. The maximum absolute atomic E-state index is 12.4. The molecule has 0 aliphatic rings. The van der Waals surface area contributed by atoms with Gasteiger partial charge in [0.25, 0.3) is 11.8 Å². The summed E-state index contributed by atoms with van der Waals surface area (Å²) in [5.41, 5.74) is 3.29. The third-order valence-corrected chi connectivity index (χ3v) is 5.93. The van der Waals surface area contributed by atoms with E-state index in [-0.39, 0.29) is 23.8 Å². The van der Waals surface area contributed by atoms with Crippen molar-refractivity contribution in [3.05, 3.63) is 77.2 Å². The molecular weight excluding hydrogens is 482 g/mol. The number of amides is 1. The molecule has 4 rings (SSSR count). The minimum Gasteiger partial charge on any atom is -0.394 e. The maximum atomic E-state index is 12.4. The standard InChI is InChI=1S/C28H33N7O3/c1-17-14-19(12-13-20(17)25(37)35(5)6)30-27-29-15-21(24-33-26(34-38-24)28(2,3)4)23(32-27)31-22(16-36)18-10-8-7-9-11-18/h7-15,22,36H,16H2,1-6H3,(H2,29,30,31,32)/t22-/m1/s1. The van der Waals surface area contributed by atoms with Gasteiger partial charge in [0.05, 0.1) is 12.6 Å². The van der Waals surface area contributed by atoms with E-state index in [0.29, 0.717) is 28.7 Å². The van der Waals surface area contributed by atoms with Crippen molar-refractivity contribution in [2.45, 2.75) is 39.2 Å². The van der Waals surface area contributed by atoms with Gasteiger partial charge in [0.2, 0.25) is 5.95 Å². The van der Waals surface area contributed by atoms with Crippen molar-refractivity contribution in [3.63, 3.8) is 0 Å². The first-order chi connectivity index (χ1) is 18.1. The van der Waals surface area contributed by atoms with E-state index in [4.69, 9.17) is 9.51 Å². The number of aliphatic hydroxyl groups excluding tert-OH is 1. The number of hydrogen-bond donors (Lipinski definition) is 3. The van der Waals surface area contributed by atoms with Crippen LogP contribution >= 0.6 is 0 Å². The number of carbonyl (C=O) groups excluding carboxylic acids is 1. The third kappa shape index (κ3) is 5.97. The lowest BCUT2D eigenvalue weighted by molar-refractivity contribution is 0.0827. The zero-order valence-corrected chi connectivity index (χ0v) is 22.5. The van der Waals surface area contributed by atoms with Crippen molar-refractivity contribution in [3.8, 4) is 11.5 Å². The van der Waals surface area contributed by atoms with Crippen LogP contribution in [0.15, 0.2) is 59.3 Å². The van der Waals surface area contributed by atoms with Gasteiger partial charge in [-0.05, 0) is 36.2 Å². The maximum Gasteiger partial charge on any atom is 0.263 e. The number of anilines is 3. The molecule has 38 heavy (non-hydrogen) atoms. The Morgan fingerprint density at radius 3 is 2.45 bits per heavy atom. The highest BCUT2D eigenvalue weighted by atomic mass is 16.5. The number of benzene rings is 2. The van der Waals surface area contributed by atoms with Gasteiger partial charge in [0.15, 0.2) is 5.82 Å². The minimum absolute atomic E-state index is 0.0636. The van der Waals surface area contributed by atoms with E-state index in [1.54, 1.807) is 31.3 Å². The number of carbonyl (C=O) groups is 1. The quantitative estimate of drug-likeness (QED) is 0.305. The van der Waals surface area contributed by atoms with Gasteiger partial charge in [-0.3, -0.25) is 4.79 Å². The number of hydrogen-bond acceptors (Lipinski definition) is 9. The second-order valence-corrected chi connectivity index (χ2v) is 10.3. The first-order valence-electron chi connectivity index (χ1n) is 12.3. The number of nitrogens with one attached hydrogen (secondary N) is 2. The monoisotopic (exact) mass is 515 g/mol. The molecule has 10 heteroatoms. The van der Waals surface area contributed by atoms with Crippen LogP contribution in [0.3, 0.4) is 0 Å². The Hall–Kier alpha value is -4.31. The molecule has 4 aromatic rings. The van der Waals surface area contributed by atoms with Crippen LogP contribution < -0.4 is 10.6 Å². The Balaban J connectivity index is 1.70. The van der Waals surface area contributed by atoms with E-state index in [1.807, 2.05) is 70.2 Å². The van der Waals surface area contributed by atoms with Gasteiger partial charge in [0, 0.05) is 37.0 Å². The zero-order valence-electron chi connectivity index (χ0n) is 22.5. The first-order valence-corrected chi connectivity index (χ1v) is 12.3. The highest BCUT2D eigenvalue weighted by Crippen LogP contribution is 2.31. The average Bonchev–Trinajstić information content (AvgIpc) is 3.38. The largest absolute Gasteiger partial charge is 0.394 e. The smallest absolute Gasteiger partial charge is 0.263 e. The highest BCUT2D eigenvalue weighted by molar-refractivity contribution is 5.95. The van der Waals surface area contributed by atoms with Crippen molar-refractivity contribution in [1.29, 1.82) is 0 Å². The Morgan fingerprint density at radius 2 is 1.84 bits per heavy atom. The van der Waals surface area contributed by atoms with Gasteiger partial charge in [-0.1, -0.05) is 56.3 Å². The Kier molecular flexibility index (Phi) is 7.72. The number of nitrogens with zero attached hydrogens (tertiary/aromatic N) is 5. The van der Waals surface area contributed by atoms with E-state index in [0.717, 1.165) is 16.8 Å². The summed E-state index contributed by atoms with van der Waals surface area (Å²) in [4.78, 5) is 27.7. The van der Waals surface area contributed by atoms with Gasteiger partial charge >= 0.3 is 0 Å². The predicted octanol–water partition coefficient (Wildman–Crippen LogP) is 4.72. The molecule has 0 aliphatic carbocycles. The fraction of sp³-hybridized carbons (Fsp3) is 0.321. The van der Waals surface area contributed by atoms with E-state index >= 15 is 0 Å². The van der Waals surface area contributed by atoms with Gasteiger partial charge < -0.3 is 25.2 Å². The van der Waals surface area contributed by atoms with Crippen LogP contribution in [-0.2, 0) is 5.41 Å². The summed E-state index contributed by atoms with van der Waals surface area (Å²) in [6, 6.07) is 14.6. The molecule has 1 amide bonds. The van der Waals surface area contributed by atoms with E-state index in [1.165, 1.54) is 0 Å². The molecule has 0 radical (unpaired) electrons. The summed E-state index contributed by atoms with van der Waals surface area (Å²) in [6.07, 6.45) is 1.61. The second kappa shape index (κ2) is 11.0. The molecule has 2 aromatic heterocycles. The van der Waals surface area contributed by atoms with Crippen molar-refractivity contribution < 1.29 is 14.4 Å². The molecule has 10 nitrogen and oxygen atoms in total. The topological polar surface area (TPSA) is 129 Å². The first kappa shape index (κ1) is 26.7. The van der Waals surface area contributed by atoms with Crippen LogP contribution in [-0.4, -0.2) is 56.7 Å². The summed E-state index contributed by atoms with van der Waals surface area (Å²) in [6.45, 7) is 7.73. The summed E-state index contributed by atoms with van der Waals surface area (Å²) in [5.74, 6) is 1.51. The normalized spacial score (nSPS) is 12.2. The molecule has 0 saturated heterocycles. The number of aryl methyl sites for hydroxylation is 1. The Bertz CT molecular complexity index is 1410. The van der Waals surface area contributed by atoms with Crippen molar-refractivity contribution in [2.24, 2.45) is 0 Å². The summed E-state index contributed by atoms with van der Waals surface area (Å²) < 4.78 is 5.57. The summed E-state index contributed by atoms with van der Waals surface area (Å²) in [5, 5.41) is 20.8. The van der Waals surface area contributed by atoms with Crippen LogP contribution in [0.2, 0.25) is 0 Å². The molecule has 0 aliphatic heterocycles. The average molecular weight is 516 g/mol. The zero-order chi connectivity index (χ0) is 27.4. The molecule has 2 aromatic carbocycles. The van der Waals surface area contributed by atoms with Crippen LogP contribution in [0.5, 0.6) is 0 Å². The molecule has 0 saturated carbocycles. The van der Waals surface area contributed by atoms with Crippen LogP contribution in [0.4, 0.5) is 17.5 Å². The predicted molar refractivity (Wildman–Crippen MR) is 146 cm³/mol. The van der Waals surface area contributed by atoms with Crippen LogP contribution in [0.1, 0.15) is 54.1 Å². The number of aromatic nitrogens is 4. The molecule has 198 valence electrons. The molecule has 0 fully saturated rings. The van der Waals surface area contributed by atoms with Crippen molar-refractivity contribution >= 4 is 23.4 Å². The third-order valence-electron chi connectivity index (χ3n) is 5.93. The van der Waals surface area contributed by atoms with E-state index in [9.17, 15) is 9.90 Å². The highest BCUT2D eigenvalue weighted by Gasteiger charge is 2.24. The van der Waals surface area contributed by atoms with Crippen LogP contribution in [0.25, 0.3) is 11.5 Å². The van der Waals surface area contributed by atoms with Crippen LogP contribution in [0, 0.1) is 6.92 Å². The Morgan fingerprint density at radius 1 is 1.11 bits per heavy atom. The fourth-order valence-corrected chi connectivity index (χ4v) is 3.78. The number of rotatable bonds is 8. The van der Waals surface area contributed by atoms with Gasteiger partial charge in [-0.15, -0.1) is 0 Å². The molecule has 0 bridgehead atoms. The minimum atomic E-state index is -0.429. The molecule has 3 N–H and O–H groups in total. The molecule has 1 atom stereocenters. The van der Waals surface area contributed by atoms with Gasteiger partial charge in [0.1, 0.15) is 11.4 Å². The van der Waals surface area contributed by atoms with Gasteiger partial charge in [-0.25, -0.2) is 4.98 Å². The van der Waals surface area contributed by atoms with E-state index < -0.39 is 6.04 Å². The van der Waals surface area contributed by atoms with Crippen molar-refractivity contribution in [1.82, 2.24) is 25.0 Å². The van der Waals surface area contributed by atoms with Gasteiger partial charge in [-0.2, -0.15) is 9.97 Å². The SMILES string of the molecule is Cc1cc(Nc2ncc(-c3nc(C(C)(C)C)no3)c(N[C@H](CO)c3ccccc3)n2)ccc1C(=O)N(C)C. The fourth-order valence-electron chi connectivity index (χ4n) is 3.78. The lowest BCUT2D eigenvalue weighted by atomic mass is 9.96. The molecular formula is C28H33N7O3. The Labute approximate surface area is 222 Å². The summed E-state index contributed by atoms with van der Waals surface area (Å²) in [7, 11) is 3.45. The van der Waals surface area contributed by atoms with E-state index in [2.05, 4.69) is 25.8 Å².